The molecule has 0 spiro atoms. The lowest BCUT2D eigenvalue weighted by molar-refractivity contribution is 0.0957. The van der Waals surface area contributed by atoms with E-state index in [2.05, 4.69) is 15.3 Å². The van der Waals surface area contributed by atoms with E-state index in [1.54, 1.807) is 6.20 Å². The van der Waals surface area contributed by atoms with Crippen molar-refractivity contribution in [1.82, 2.24) is 15.3 Å². The molecular weight excluding hydrogens is 248 g/mol. The highest BCUT2D eigenvalue weighted by Crippen LogP contribution is 2.15. The summed E-state index contributed by atoms with van der Waals surface area (Å²) in [5.74, 6) is 4.84. The number of thiazole rings is 1. The van der Waals surface area contributed by atoms with Crippen molar-refractivity contribution in [2.24, 2.45) is 5.84 Å². The van der Waals surface area contributed by atoms with E-state index < -0.39 is 0 Å². The Bertz CT molecular complexity index is 385. The molecule has 0 bridgehead atoms. The summed E-state index contributed by atoms with van der Waals surface area (Å²) in [7, 11) is 0. The van der Waals surface area contributed by atoms with Crippen molar-refractivity contribution in [3.63, 3.8) is 0 Å². The van der Waals surface area contributed by atoms with E-state index in [0.717, 1.165) is 18.0 Å². The number of aromatic nitrogens is 1. The first-order valence-corrected chi connectivity index (χ1v) is 7.29. The van der Waals surface area contributed by atoms with Gasteiger partial charge in [0, 0.05) is 13.0 Å². The first-order chi connectivity index (χ1) is 8.79. The van der Waals surface area contributed by atoms with Gasteiger partial charge in [-0.2, -0.15) is 0 Å². The van der Waals surface area contributed by atoms with Crippen molar-refractivity contribution < 1.29 is 4.79 Å². The molecule has 1 fully saturated rings. The van der Waals surface area contributed by atoms with E-state index in [0.29, 0.717) is 4.88 Å². The number of hydrogen-bond donors (Lipinski definition) is 2. The molecule has 1 saturated heterocycles. The van der Waals surface area contributed by atoms with Gasteiger partial charge in [-0.15, -0.1) is 11.3 Å². The van der Waals surface area contributed by atoms with E-state index in [1.807, 2.05) is 0 Å². The van der Waals surface area contributed by atoms with Gasteiger partial charge in [0.15, 0.2) is 0 Å². The van der Waals surface area contributed by atoms with Crippen molar-refractivity contribution in [1.29, 1.82) is 0 Å². The van der Waals surface area contributed by atoms with Crippen LogP contribution in [0.15, 0.2) is 6.20 Å². The minimum Gasteiger partial charge on any atom is -0.303 e. The number of hydrogen-bond acceptors (Lipinski definition) is 5. The number of carbonyl (C=O) groups is 1. The average Bonchev–Trinajstić information content (AvgIpc) is 2.71. The van der Waals surface area contributed by atoms with Crippen LogP contribution >= 0.6 is 11.3 Å². The zero-order valence-electron chi connectivity index (χ0n) is 10.5. The van der Waals surface area contributed by atoms with Crippen molar-refractivity contribution in [2.75, 3.05) is 19.6 Å². The number of likely N-dealkylation sites (tertiary alicyclic amines) is 1. The molecule has 1 aliphatic heterocycles. The van der Waals surface area contributed by atoms with Crippen LogP contribution in [-0.2, 0) is 6.42 Å². The molecule has 2 heterocycles. The molecule has 100 valence electrons. The number of nitrogens with two attached hydrogens (primary N) is 1. The summed E-state index contributed by atoms with van der Waals surface area (Å²) in [5, 5.41) is 1.01. The fourth-order valence-corrected chi connectivity index (χ4v) is 3.03. The zero-order valence-corrected chi connectivity index (χ0v) is 11.3. The summed E-state index contributed by atoms with van der Waals surface area (Å²) >= 11 is 1.43. The molecule has 2 rings (SSSR count). The van der Waals surface area contributed by atoms with Crippen molar-refractivity contribution >= 4 is 17.2 Å². The number of carbonyl (C=O) groups excluding carboxylic acids is 1. The van der Waals surface area contributed by atoms with Gasteiger partial charge in [-0.05, 0) is 25.9 Å². The second kappa shape index (κ2) is 6.82. The van der Waals surface area contributed by atoms with Gasteiger partial charge < -0.3 is 4.90 Å². The lowest BCUT2D eigenvalue weighted by atomic mass is 10.2. The summed E-state index contributed by atoms with van der Waals surface area (Å²) in [6.45, 7) is 3.43. The number of nitrogens with one attached hydrogen (secondary N) is 1. The van der Waals surface area contributed by atoms with E-state index in [4.69, 9.17) is 5.84 Å². The monoisotopic (exact) mass is 268 g/mol. The van der Waals surface area contributed by atoms with Crippen LogP contribution in [-0.4, -0.2) is 35.4 Å². The topological polar surface area (TPSA) is 71.2 Å². The van der Waals surface area contributed by atoms with Crippen LogP contribution in [0.25, 0.3) is 0 Å². The van der Waals surface area contributed by atoms with Gasteiger partial charge in [0.05, 0.1) is 11.2 Å². The second-order valence-corrected chi connectivity index (χ2v) is 5.71. The Morgan fingerprint density at radius 3 is 2.78 bits per heavy atom. The lowest BCUT2D eigenvalue weighted by Crippen LogP contribution is -2.29. The summed E-state index contributed by atoms with van der Waals surface area (Å²) < 4.78 is 0. The summed E-state index contributed by atoms with van der Waals surface area (Å²) in [4.78, 5) is 18.7. The Morgan fingerprint density at radius 2 is 2.11 bits per heavy atom. The summed E-state index contributed by atoms with van der Waals surface area (Å²) in [6, 6.07) is 0. The van der Waals surface area contributed by atoms with Gasteiger partial charge in [-0.25, -0.2) is 10.8 Å². The number of rotatable bonds is 4. The third kappa shape index (κ3) is 3.76. The largest absolute Gasteiger partial charge is 0.303 e. The Kier molecular flexibility index (Phi) is 5.10. The van der Waals surface area contributed by atoms with Gasteiger partial charge in [-0.3, -0.25) is 10.2 Å². The third-order valence-corrected chi connectivity index (χ3v) is 4.30. The fraction of sp³-hybridized carbons (Fsp3) is 0.667. The molecule has 0 aliphatic carbocycles. The molecule has 5 nitrogen and oxygen atoms in total. The highest BCUT2D eigenvalue weighted by atomic mass is 32.1. The van der Waals surface area contributed by atoms with Crippen LogP contribution in [0.3, 0.4) is 0 Å². The second-order valence-electron chi connectivity index (χ2n) is 4.60. The van der Waals surface area contributed by atoms with E-state index in [9.17, 15) is 4.79 Å². The molecule has 6 heteroatoms. The smallest absolute Gasteiger partial charge is 0.276 e. The Morgan fingerprint density at radius 1 is 1.39 bits per heavy atom. The first kappa shape index (κ1) is 13.5. The highest BCUT2D eigenvalue weighted by Gasteiger charge is 2.12. The van der Waals surface area contributed by atoms with Gasteiger partial charge in [0.25, 0.3) is 5.91 Å². The minimum atomic E-state index is -0.256. The van der Waals surface area contributed by atoms with Crippen LogP contribution in [0.2, 0.25) is 0 Å². The fourth-order valence-electron chi connectivity index (χ4n) is 2.22. The molecule has 0 atom stereocenters. The minimum absolute atomic E-state index is 0.256. The first-order valence-electron chi connectivity index (χ1n) is 6.47. The van der Waals surface area contributed by atoms with Gasteiger partial charge in [0.2, 0.25) is 0 Å². The van der Waals surface area contributed by atoms with Crippen molar-refractivity contribution in [3.05, 3.63) is 16.1 Å². The van der Waals surface area contributed by atoms with Crippen LogP contribution < -0.4 is 11.3 Å². The zero-order chi connectivity index (χ0) is 12.8. The number of amides is 1. The molecule has 0 unspecified atom stereocenters. The van der Waals surface area contributed by atoms with Crippen LogP contribution in [0.5, 0.6) is 0 Å². The maximum Gasteiger partial charge on any atom is 0.276 e. The number of hydrazine groups is 1. The van der Waals surface area contributed by atoms with Crippen molar-refractivity contribution in [2.45, 2.75) is 32.1 Å². The molecule has 18 heavy (non-hydrogen) atoms. The quantitative estimate of drug-likeness (QED) is 0.488. The standard InChI is InChI=1S/C12H20N4OS/c13-15-12(17)10-9-14-11(18-10)5-8-16-6-3-1-2-4-7-16/h9H,1-8,13H2,(H,15,17). The predicted octanol–water partition coefficient (Wildman–Crippen LogP) is 1.17. The molecule has 0 saturated carbocycles. The van der Waals surface area contributed by atoms with Crippen LogP contribution in [0.4, 0.5) is 0 Å². The molecule has 1 aromatic rings. The van der Waals surface area contributed by atoms with E-state index >= 15 is 0 Å². The number of nitrogen functional groups attached to an aromatic ring is 1. The van der Waals surface area contributed by atoms with Gasteiger partial charge in [0.1, 0.15) is 4.88 Å². The molecule has 0 radical (unpaired) electrons. The lowest BCUT2D eigenvalue weighted by Gasteiger charge is -2.18. The SMILES string of the molecule is NNC(=O)c1cnc(CCN2CCCCCC2)s1. The predicted molar refractivity (Wildman–Crippen MR) is 72.4 cm³/mol. The third-order valence-electron chi connectivity index (χ3n) is 3.25. The van der Waals surface area contributed by atoms with Gasteiger partial charge in [-0.1, -0.05) is 12.8 Å². The number of nitrogens with zero attached hydrogens (tertiary/aromatic N) is 2. The van der Waals surface area contributed by atoms with Crippen LogP contribution in [0, 0.1) is 0 Å². The maximum absolute atomic E-state index is 11.3. The molecule has 0 aromatic carbocycles. The van der Waals surface area contributed by atoms with E-state index in [1.165, 1.54) is 50.1 Å². The Balaban J connectivity index is 1.82. The molecule has 1 amide bonds. The van der Waals surface area contributed by atoms with Gasteiger partial charge >= 0.3 is 0 Å². The normalized spacial score (nSPS) is 17.4. The summed E-state index contributed by atoms with van der Waals surface area (Å²) in [5.41, 5.74) is 2.13. The molecule has 1 aromatic heterocycles. The highest BCUT2D eigenvalue weighted by molar-refractivity contribution is 7.13. The van der Waals surface area contributed by atoms with Crippen molar-refractivity contribution in [3.8, 4) is 0 Å². The average molecular weight is 268 g/mol. The molecular formula is C12H20N4OS. The summed E-state index contributed by atoms with van der Waals surface area (Å²) in [6.07, 6.45) is 7.84. The molecule has 1 aliphatic rings. The Hall–Kier alpha value is -0.980. The van der Waals surface area contributed by atoms with Crippen LogP contribution in [0.1, 0.15) is 40.4 Å². The Labute approximate surface area is 111 Å². The molecule has 3 N–H and O–H groups in total. The van der Waals surface area contributed by atoms with E-state index in [-0.39, 0.29) is 5.91 Å². The maximum atomic E-state index is 11.3.